The first-order chi connectivity index (χ1) is 15.2. The van der Waals surface area contributed by atoms with Gasteiger partial charge in [-0.1, -0.05) is 23.7 Å². The molecule has 1 atom stereocenters. The van der Waals surface area contributed by atoms with Crippen LogP contribution in [0.2, 0.25) is 5.02 Å². The number of Topliss-reactive ketones (excluding diaryl/α,β-unsaturated/α-hetero) is 1. The molecule has 1 unspecified atom stereocenters. The predicted molar refractivity (Wildman–Crippen MR) is 123 cm³/mol. The predicted octanol–water partition coefficient (Wildman–Crippen LogP) is 3.65. The molecule has 0 aromatic heterocycles. The lowest BCUT2D eigenvalue weighted by molar-refractivity contribution is -0.140. The highest BCUT2D eigenvalue weighted by atomic mass is 35.5. The zero-order chi connectivity index (χ0) is 23.6. The van der Waals surface area contributed by atoms with Gasteiger partial charge in [0.2, 0.25) is 0 Å². The molecule has 1 aliphatic heterocycles. The molecule has 1 heterocycles. The Morgan fingerprint density at radius 1 is 1.12 bits per heavy atom. The Bertz CT molecular complexity index is 1060. The van der Waals surface area contributed by atoms with Crippen LogP contribution in [0.1, 0.15) is 22.7 Å². The number of aliphatic hydroxyl groups excluding tert-OH is 1. The number of likely N-dealkylation sites (N-methyl/N-ethyl adjacent to an activating group) is 1. The third kappa shape index (κ3) is 4.45. The van der Waals surface area contributed by atoms with Gasteiger partial charge >= 0.3 is 0 Å². The maximum Gasteiger partial charge on any atom is 0.295 e. The second-order valence-electron chi connectivity index (χ2n) is 7.90. The van der Waals surface area contributed by atoms with Crippen molar-refractivity contribution in [3.63, 3.8) is 0 Å². The maximum atomic E-state index is 13.1. The molecular formula is C24H27ClN2O5. The number of ketones is 1. The number of methoxy groups -OCH3 is 2. The van der Waals surface area contributed by atoms with E-state index < -0.39 is 17.7 Å². The molecule has 2 aromatic rings. The van der Waals surface area contributed by atoms with Gasteiger partial charge in [0.25, 0.3) is 11.7 Å². The van der Waals surface area contributed by atoms with Crippen LogP contribution in [0.4, 0.5) is 0 Å². The molecule has 1 fully saturated rings. The molecule has 0 radical (unpaired) electrons. The average molecular weight is 459 g/mol. The van der Waals surface area contributed by atoms with Crippen molar-refractivity contribution in [3.8, 4) is 11.5 Å². The third-order valence-electron chi connectivity index (χ3n) is 5.41. The van der Waals surface area contributed by atoms with E-state index in [0.717, 1.165) is 5.56 Å². The van der Waals surface area contributed by atoms with Crippen LogP contribution in [0, 0.1) is 6.92 Å². The summed E-state index contributed by atoms with van der Waals surface area (Å²) < 4.78 is 10.6. The Balaban J connectivity index is 2.23. The van der Waals surface area contributed by atoms with Gasteiger partial charge in [0.1, 0.15) is 17.3 Å². The number of likely N-dealkylation sites (tertiary alicyclic amines) is 1. The zero-order valence-electron chi connectivity index (χ0n) is 18.8. The quantitative estimate of drug-likeness (QED) is 0.387. The molecule has 8 heteroatoms. The van der Waals surface area contributed by atoms with Crippen molar-refractivity contribution in [1.29, 1.82) is 0 Å². The minimum atomic E-state index is -0.759. The van der Waals surface area contributed by atoms with Crippen molar-refractivity contribution in [3.05, 3.63) is 63.7 Å². The summed E-state index contributed by atoms with van der Waals surface area (Å²) >= 11 is 6.31. The van der Waals surface area contributed by atoms with Crippen molar-refractivity contribution in [1.82, 2.24) is 9.80 Å². The summed E-state index contributed by atoms with van der Waals surface area (Å²) in [5.41, 5.74) is 1.73. The van der Waals surface area contributed by atoms with Gasteiger partial charge in [-0.3, -0.25) is 9.59 Å². The number of halogens is 1. The molecular weight excluding hydrogens is 432 g/mol. The third-order valence-corrected chi connectivity index (χ3v) is 5.69. The Labute approximate surface area is 192 Å². The van der Waals surface area contributed by atoms with Crippen LogP contribution in [0.3, 0.4) is 0 Å². The van der Waals surface area contributed by atoms with Gasteiger partial charge in [-0.05, 0) is 56.4 Å². The second kappa shape index (κ2) is 9.63. The molecule has 0 aliphatic carbocycles. The molecule has 0 saturated carbocycles. The van der Waals surface area contributed by atoms with E-state index in [1.165, 1.54) is 12.0 Å². The van der Waals surface area contributed by atoms with E-state index in [9.17, 15) is 14.7 Å². The topological polar surface area (TPSA) is 79.3 Å². The van der Waals surface area contributed by atoms with Gasteiger partial charge in [0.15, 0.2) is 0 Å². The molecule has 1 aliphatic rings. The van der Waals surface area contributed by atoms with E-state index in [4.69, 9.17) is 21.1 Å². The highest BCUT2D eigenvalue weighted by molar-refractivity contribution is 6.46. The number of hydrogen-bond acceptors (Lipinski definition) is 6. The zero-order valence-corrected chi connectivity index (χ0v) is 19.6. The summed E-state index contributed by atoms with van der Waals surface area (Å²) in [4.78, 5) is 29.5. The lowest BCUT2D eigenvalue weighted by Crippen LogP contribution is -2.35. The summed E-state index contributed by atoms with van der Waals surface area (Å²) in [7, 11) is 6.77. The first-order valence-corrected chi connectivity index (χ1v) is 10.5. The number of carbonyl (C=O) groups excluding carboxylic acids is 2. The Morgan fingerprint density at radius 3 is 2.34 bits per heavy atom. The number of carbonyl (C=O) groups is 2. The van der Waals surface area contributed by atoms with Gasteiger partial charge in [-0.15, -0.1) is 0 Å². The van der Waals surface area contributed by atoms with Crippen molar-refractivity contribution < 1.29 is 24.2 Å². The van der Waals surface area contributed by atoms with Crippen molar-refractivity contribution in [2.75, 3.05) is 41.4 Å². The van der Waals surface area contributed by atoms with Crippen molar-refractivity contribution in [2.24, 2.45) is 0 Å². The van der Waals surface area contributed by atoms with Gasteiger partial charge in [0, 0.05) is 13.1 Å². The Kier molecular flexibility index (Phi) is 7.11. The maximum absolute atomic E-state index is 13.1. The summed E-state index contributed by atoms with van der Waals surface area (Å²) in [5.74, 6) is -0.846. The number of hydrogen-bond donors (Lipinski definition) is 1. The SMILES string of the molecule is COc1ccc(C2/C(=C(\O)c3cc(C)cc(Cl)c3OC)C(=O)C(=O)N2CCN(C)C)cc1. The summed E-state index contributed by atoms with van der Waals surface area (Å²) in [6.07, 6.45) is 0. The fourth-order valence-corrected chi connectivity index (χ4v) is 4.16. The van der Waals surface area contributed by atoms with Crippen LogP contribution in [-0.2, 0) is 9.59 Å². The average Bonchev–Trinajstić information content (AvgIpc) is 3.01. The minimum Gasteiger partial charge on any atom is -0.507 e. The van der Waals surface area contributed by atoms with E-state index in [2.05, 4.69) is 0 Å². The number of nitrogens with zero attached hydrogens (tertiary/aromatic N) is 2. The normalized spacial score (nSPS) is 17.8. The largest absolute Gasteiger partial charge is 0.507 e. The molecule has 0 spiro atoms. The summed E-state index contributed by atoms with van der Waals surface area (Å²) in [6, 6.07) is 9.70. The monoisotopic (exact) mass is 458 g/mol. The van der Waals surface area contributed by atoms with Gasteiger partial charge in [0.05, 0.1) is 36.4 Å². The van der Waals surface area contributed by atoms with Crippen LogP contribution in [-0.4, -0.2) is 68.0 Å². The van der Waals surface area contributed by atoms with E-state index in [1.807, 2.05) is 25.9 Å². The lowest BCUT2D eigenvalue weighted by atomic mass is 9.94. The molecule has 0 bridgehead atoms. The molecule has 1 saturated heterocycles. The van der Waals surface area contributed by atoms with Crippen LogP contribution in [0.15, 0.2) is 42.0 Å². The highest BCUT2D eigenvalue weighted by Crippen LogP contribution is 2.42. The minimum absolute atomic E-state index is 0.00103. The number of aliphatic hydroxyl groups is 1. The molecule has 2 aromatic carbocycles. The highest BCUT2D eigenvalue weighted by Gasteiger charge is 2.46. The second-order valence-corrected chi connectivity index (χ2v) is 8.30. The molecule has 170 valence electrons. The fourth-order valence-electron chi connectivity index (χ4n) is 3.81. The van der Waals surface area contributed by atoms with E-state index >= 15 is 0 Å². The molecule has 32 heavy (non-hydrogen) atoms. The molecule has 1 N–H and O–H groups in total. The lowest BCUT2D eigenvalue weighted by Gasteiger charge is -2.26. The Morgan fingerprint density at radius 2 is 1.78 bits per heavy atom. The first-order valence-electron chi connectivity index (χ1n) is 10.1. The van der Waals surface area contributed by atoms with Crippen LogP contribution in [0.25, 0.3) is 5.76 Å². The van der Waals surface area contributed by atoms with E-state index in [-0.39, 0.29) is 22.6 Å². The molecule has 1 amide bonds. The number of ether oxygens (including phenoxy) is 2. The molecule has 3 rings (SSSR count). The standard InChI is InChI=1S/C24H27ClN2O5/c1-14-12-17(23(32-5)18(25)13-14)21(28)19-20(15-6-8-16(31-4)9-7-15)27(11-10-26(2)3)24(30)22(19)29/h6-9,12-13,20,28H,10-11H2,1-5H3/b21-19+. The van der Waals surface area contributed by atoms with Gasteiger partial charge < -0.3 is 24.4 Å². The van der Waals surface area contributed by atoms with Crippen LogP contribution >= 0.6 is 11.6 Å². The number of aryl methyl sites for hydroxylation is 1. The van der Waals surface area contributed by atoms with Crippen molar-refractivity contribution >= 4 is 29.1 Å². The van der Waals surface area contributed by atoms with Gasteiger partial charge in [-0.25, -0.2) is 0 Å². The van der Waals surface area contributed by atoms with E-state index in [1.54, 1.807) is 43.5 Å². The van der Waals surface area contributed by atoms with Crippen LogP contribution < -0.4 is 9.47 Å². The smallest absolute Gasteiger partial charge is 0.295 e. The Hall–Kier alpha value is -3.03. The first kappa shape index (κ1) is 23.6. The summed E-state index contributed by atoms with van der Waals surface area (Å²) in [5, 5.41) is 11.6. The fraction of sp³-hybridized carbons (Fsp3) is 0.333. The number of benzene rings is 2. The van der Waals surface area contributed by atoms with Gasteiger partial charge in [-0.2, -0.15) is 0 Å². The van der Waals surface area contributed by atoms with Crippen molar-refractivity contribution in [2.45, 2.75) is 13.0 Å². The number of amides is 1. The summed E-state index contributed by atoms with van der Waals surface area (Å²) in [6.45, 7) is 2.69. The number of rotatable bonds is 7. The van der Waals surface area contributed by atoms with E-state index in [0.29, 0.717) is 29.4 Å². The van der Waals surface area contributed by atoms with Crippen LogP contribution in [0.5, 0.6) is 11.5 Å². The molecule has 7 nitrogen and oxygen atoms in total.